The molecule has 0 aromatic heterocycles. The normalized spacial score (nSPS) is 17.7. The van der Waals surface area contributed by atoms with Crippen molar-refractivity contribution in [3.05, 3.63) is 88.7 Å². The highest BCUT2D eigenvalue weighted by Gasteiger charge is 2.32. The average molecular weight is 490 g/mol. The number of nitrogens with one attached hydrogen (secondary N) is 1. The molecule has 0 saturated carbocycles. The number of nitrogens with two attached hydrogens (primary N) is 1. The van der Waals surface area contributed by atoms with Crippen LogP contribution in [0.15, 0.2) is 60.7 Å². The molecular formula is C28H28FN3O4. The molecule has 8 heteroatoms. The van der Waals surface area contributed by atoms with Crippen molar-refractivity contribution in [2.75, 3.05) is 26.2 Å². The van der Waals surface area contributed by atoms with Crippen molar-refractivity contribution in [3.8, 4) is 17.2 Å². The van der Waals surface area contributed by atoms with Crippen LogP contribution in [-0.2, 0) is 22.4 Å². The summed E-state index contributed by atoms with van der Waals surface area (Å²) in [7, 11) is 0. The molecule has 8 bridgehead atoms. The van der Waals surface area contributed by atoms with Crippen LogP contribution in [0, 0.1) is 5.82 Å². The van der Waals surface area contributed by atoms with E-state index in [9.17, 15) is 14.0 Å². The Morgan fingerprint density at radius 3 is 2.86 bits per heavy atom. The minimum absolute atomic E-state index is 0.0616. The molecule has 3 aliphatic heterocycles. The SMILES string of the molecule is NCC(=O)N1CCc2cc3ccc2C1c1cccc(c1)OCCCNC(=O)Cc1ccc(F)c(c1)O3. The quantitative estimate of drug-likeness (QED) is 0.546. The standard InChI is InChI=1S/C28H28FN3O4/c29-24-8-5-18-13-25(24)36-22-6-7-23-19(15-22)9-11-32(27(34)17-30)28(23)20-3-1-4-21(16-20)35-12-2-10-31-26(33)14-18/h1,3-8,13,15-16,28H,2,9-12,14,17,30H2,(H,31,33). The zero-order valence-electron chi connectivity index (χ0n) is 19.8. The second-order valence-electron chi connectivity index (χ2n) is 8.97. The van der Waals surface area contributed by atoms with Crippen molar-refractivity contribution in [1.82, 2.24) is 10.2 Å². The molecule has 0 saturated heterocycles. The average Bonchev–Trinajstić information content (AvgIpc) is 2.89. The van der Waals surface area contributed by atoms with Gasteiger partial charge in [0.25, 0.3) is 0 Å². The van der Waals surface area contributed by atoms with Crippen molar-refractivity contribution in [2.24, 2.45) is 5.73 Å². The monoisotopic (exact) mass is 489 g/mol. The van der Waals surface area contributed by atoms with Crippen LogP contribution in [0.5, 0.6) is 17.2 Å². The van der Waals surface area contributed by atoms with E-state index in [1.807, 2.05) is 36.4 Å². The Labute approximate surface area is 209 Å². The van der Waals surface area contributed by atoms with Crippen LogP contribution in [0.4, 0.5) is 4.39 Å². The van der Waals surface area contributed by atoms with Gasteiger partial charge in [0.05, 0.1) is 25.6 Å². The van der Waals surface area contributed by atoms with E-state index in [4.69, 9.17) is 15.2 Å². The lowest BCUT2D eigenvalue weighted by Gasteiger charge is -2.38. The highest BCUT2D eigenvalue weighted by Crippen LogP contribution is 2.39. The summed E-state index contributed by atoms with van der Waals surface area (Å²) in [5.74, 6) is 0.445. The van der Waals surface area contributed by atoms with E-state index < -0.39 is 5.82 Å². The van der Waals surface area contributed by atoms with E-state index in [1.165, 1.54) is 6.07 Å². The van der Waals surface area contributed by atoms with Gasteiger partial charge in [-0.3, -0.25) is 9.59 Å². The maximum atomic E-state index is 14.6. The fourth-order valence-electron chi connectivity index (χ4n) is 4.79. The summed E-state index contributed by atoms with van der Waals surface area (Å²) in [6.45, 7) is 1.30. The van der Waals surface area contributed by atoms with Gasteiger partial charge in [-0.15, -0.1) is 0 Å². The smallest absolute Gasteiger partial charge is 0.237 e. The van der Waals surface area contributed by atoms with Crippen LogP contribution in [0.2, 0.25) is 0 Å². The molecule has 0 aliphatic carbocycles. The molecule has 2 amide bonds. The van der Waals surface area contributed by atoms with Crippen molar-refractivity contribution < 1.29 is 23.5 Å². The Morgan fingerprint density at radius 2 is 2.00 bits per heavy atom. The zero-order chi connectivity index (χ0) is 25.1. The molecule has 3 heterocycles. The molecule has 7 nitrogen and oxygen atoms in total. The van der Waals surface area contributed by atoms with Gasteiger partial charge in [0.1, 0.15) is 11.5 Å². The Hall–Kier alpha value is -3.91. The Balaban J connectivity index is 1.57. The van der Waals surface area contributed by atoms with Gasteiger partial charge in [-0.1, -0.05) is 24.3 Å². The maximum Gasteiger partial charge on any atom is 0.237 e. The van der Waals surface area contributed by atoms with Gasteiger partial charge >= 0.3 is 0 Å². The first-order valence-electron chi connectivity index (χ1n) is 12.1. The molecule has 3 aromatic carbocycles. The third kappa shape index (κ3) is 5.04. The number of fused-ring (bicyclic) bond motifs is 7. The molecule has 0 spiro atoms. The minimum atomic E-state index is -0.505. The van der Waals surface area contributed by atoms with Crippen LogP contribution in [0.1, 0.15) is 34.7 Å². The van der Waals surface area contributed by atoms with E-state index in [0.29, 0.717) is 49.6 Å². The summed E-state index contributed by atoms with van der Waals surface area (Å²) in [5.41, 5.74) is 9.28. The van der Waals surface area contributed by atoms with Crippen LogP contribution >= 0.6 is 0 Å². The lowest BCUT2D eigenvalue weighted by atomic mass is 9.87. The molecular weight excluding hydrogens is 461 g/mol. The lowest BCUT2D eigenvalue weighted by molar-refractivity contribution is -0.131. The second kappa shape index (κ2) is 10.4. The number of hydrogen-bond donors (Lipinski definition) is 2. The molecule has 6 rings (SSSR count). The lowest BCUT2D eigenvalue weighted by Crippen LogP contribution is -2.43. The molecule has 3 N–H and O–H groups in total. The predicted molar refractivity (Wildman–Crippen MR) is 132 cm³/mol. The fourth-order valence-corrected chi connectivity index (χ4v) is 4.79. The van der Waals surface area contributed by atoms with Crippen molar-refractivity contribution in [1.29, 1.82) is 0 Å². The van der Waals surface area contributed by atoms with E-state index >= 15 is 0 Å². The number of hydrogen-bond acceptors (Lipinski definition) is 5. The topological polar surface area (TPSA) is 93.9 Å². The molecule has 36 heavy (non-hydrogen) atoms. The molecule has 0 radical (unpaired) electrons. The molecule has 3 aliphatic rings. The van der Waals surface area contributed by atoms with Gasteiger partial charge in [-0.05, 0) is 71.5 Å². The van der Waals surface area contributed by atoms with Crippen molar-refractivity contribution in [3.63, 3.8) is 0 Å². The van der Waals surface area contributed by atoms with Gasteiger partial charge in [0.2, 0.25) is 11.8 Å². The van der Waals surface area contributed by atoms with Crippen LogP contribution in [0.25, 0.3) is 0 Å². The first kappa shape index (κ1) is 23.8. The van der Waals surface area contributed by atoms with Crippen LogP contribution in [-0.4, -0.2) is 43.0 Å². The van der Waals surface area contributed by atoms with Crippen molar-refractivity contribution >= 4 is 11.8 Å². The van der Waals surface area contributed by atoms with Gasteiger partial charge in [0, 0.05) is 13.1 Å². The Kier molecular flexibility index (Phi) is 6.86. The first-order chi connectivity index (χ1) is 17.5. The highest BCUT2D eigenvalue weighted by molar-refractivity contribution is 5.80. The summed E-state index contributed by atoms with van der Waals surface area (Å²) in [5, 5.41) is 2.87. The number of ether oxygens (including phenoxy) is 2. The summed E-state index contributed by atoms with van der Waals surface area (Å²) in [4.78, 5) is 26.9. The van der Waals surface area contributed by atoms with E-state index in [0.717, 1.165) is 16.7 Å². The number of rotatable bonds is 1. The Bertz CT molecular complexity index is 1300. The predicted octanol–water partition coefficient (Wildman–Crippen LogP) is 3.49. The van der Waals surface area contributed by atoms with Crippen molar-refractivity contribution in [2.45, 2.75) is 25.3 Å². The molecule has 3 aromatic rings. The molecule has 1 atom stereocenters. The number of nitrogens with zero attached hydrogens (tertiary/aromatic N) is 1. The maximum absolute atomic E-state index is 14.6. The number of benzene rings is 3. The first-order valence-corrected chi connectivity index (χ1v) is 12.1. The number of carbonyl (C=O) groups is 2. The van der Waals surface area contributed by atoms with Gasteiger partial charge in [-0.25, -0.2) is 4.39 Å². The summed E-state index contributed by atoms with van der Waals surface area (Å²) in [6, 6.07) is 17.4. The second-order valence-corrected chi connectivity index (χ2v) is 8.97. The van der Waals surface area contributed by atoms with Crippen LogP contribution < -0.4 is 20.5 Å². The summed E-state index contributed by atoms with van der Waals surface area (Å²) in [6.07, 6.45) is 1.37. The molecule has 186 valence electrons. The van der Waals surface area contributed by atoms with E-state index in [2.05, 4.69) is 5.32 Å². The molecule has 0 fully saturated rings. The third-order valence-corrected chi connectivity index (χ3v) is 6.51. The number of halogens is 1. The molecule has 1 unspecified atom stereocenters. The highest BCUT2D eigenvalue weighted by atomic mass is 19.1. The van der Waals surface area contributed by atoms with Gasteiger partial charge in [0.15, 0.2) is 11.6 Å². The number of carbonyl (C=O) groups excluding carboxylic acids is 2. The third-order valence-electron chi connectivity index (χ3n) is 6.51. The van der Waals surface area contributed by atoms with E-state index in [-0.39, 0.29) is 36.6 Å². The fraction of sp³-hybridized carbons (Fsp3) is 0.286. The largest absolute Gasteiger partial charge is 0.494 e. The minimum Gasteiger partial charge on any atom is -0.494 e. The van der Waals surface area contributed by atoms with Gasteiger partial charge in [-0.2, -0.15) is 0 Å². The van der Waals surface area contributed by atoms with E-state index in [1.54, 1.807) is 23.1 Å². The van der Waals surface area contributed by atoms with Crippen LogP contribution in [0.3, 0.4) is 0 Å². The zero-order valence-corrected chi connectivity index (χ0v) is 19.8. The summed E-state index contributed by atoms with van der Waals surface area (Å²) < 4.78 is 26.4. The Morgan fingerprint density at radius 1 is 1.11 bits per heavy atom. The van der Waals surface area contributed by atoms with Gasteiger partial charge < -0.3 is 25.4 Å². The number of amides is 2. The summed E-state index contributed by atoms with van der Waals surface area (Å²) >= 11 is 0.